The average molecular weight is 312 g/mol. The summed E-state index contributed by atoms with van der Waals surface area (Å²) in [5.74, 6) is 0.464. The van der Waals surface area contributed by atoms with Crippen molar-refractivity contribution in [2.24, 2.45) is 0 Å². The number of carbonyl (C=O) groups is 1. The van der Waals surface area contributed by atoms with Crippen LogP contribution in [0, 0.1) is 10.1 Å². The molecule has 1 aromatic heterocycles. The maximum atomic E-state index is 12.4. The van der Waals surface area contributed by atoms with Gasteiger partial charge in [0.15, 0.2) is 5.78 Å². The third kappa shape index (κ3) is 2.08. The molecule has 1 aliphatic heterocycles. The molecule has 2 aliphatic rings. The number of fused-ring (bicyclic) bond motifs is 1. The van der Waals surface area contributed by atoms with Gasteiger partial charge in [0.25, 0.3) is 5.69 Å². The number of nitro groups is 1. The first-order chi connectivity index (χ1) is 11.1. The summed E-state index contributed by atoms with van der Waals surface area (Å²) < 4.78 is 1.50. The van der Waals surface area contributed by atoms with E-state index in [9.17, 15) is 14.9 Å². The quantitative estimate of drug-likeness (QED) is 0.661. The molecular weight excluding hydrogens is 300 g/mol. The second-order valence-corrected chi connectivity index (χ2v) is 5.50. The van der Waals surface area contributed by atoms with Crippen molar-refractivity contribution in [3.8, 4) is 0 Å². The molecular formula is C14H12N6O3. The lowest BCUT2D eigenvalue weighted by atomic mass is 9.85. The number of benzene rings is 1. The maximum Gasteiger partial charge on any atom is 0.269 e. The lowest BCUT2D eigenvalue weighted by molar-refractivity contribution is -0.384. The summed E-state index contributed by atoms with van der Waals surface area (Å²) >= 11 is 0. The molecule has 1 unspecified atom stereocenters. The zero-order valence-electron chi connectivity index (χ0n) is 12.0. The Labute approximate surface area is 130 Å². The number of ketones is 1. The second kappa shape index (κ2) is 4.97. The summed E-state index contributed by atoms with van der Waals surface area (Å²) in [6.07, 6.45) is 1.97. The van der Waals surface area contributed by atoms with E-state index in [-0.39, 0.29) is 11.5 Å². The van der Waals surface area contributed by atoms with Gasteiger partial charge in [0.05, 0.1) is 4.92 Å². The van der Waals surface area contributed by atoms with Gasteiger partial charge >= 0.3 is 0 Å². The van der Waals surface area contributed by atoms with Gasteiger partial charge in [-0.2, -0.15) is 4.68 Å². The Morgan fingerprint density at radius 2 is 2.22 bits per heavy atom. The summed E-state index contributed by atoms with van der Waals surface area (Å²) in [7, 11) is 0. The van der Waals surface area contributed by atoms with E-state index in [0.29, 0.717) is 23.5 Å². The van der Waals surface area contributed by atoms with Crippen LogP contribution in [0.4, 0.5) is 11.6 Å². The third-order valence-electron chi connectivity index (χ3n) is 4.13. The molecule has 0 bridgehead atoms. The Morgan fingerprint density at radius 1 is 1.35 bits per heavy atom. The van der Waals surface area contributed by atoms with Crippen LogP contribution in [-0.2, 0) is 4.79 Å². The minimum Gasteiger partial charge on any atom is -0.326 e. The highest BCUT2D eigenvalue weighted by molar-refractivity contribution is 5.99. The number of nitrogens with zero attached hydrogens (tertiary/aromatic N) is 5. The summed E-state index contributed by atoms with van der Waals surface area (Å²) in [6.45, 7) is 0. The third-order valence-corrected chi connectivity index (χ3v) is 4.13. The van der Waals surface area contributed by atoms with Crippen LogP contribution in [0.15, 0.2) is 35.5 Å². The Morgan fingerprint density at radius 3 is 3.04 bits per heavy atom. The van der Waals surface area contributed by atoms with Crippen LogP contribution in [-0.4, -0.2) is 30.9 Å². The summed E-state index contributed by atoms with van der Waals surface area (Å²) in [4.78, 5) is 23.0. The van der Waals surface area contributed by atoms with Gasteiger partial charge in [0.2, 0.25) is 5.95 Å². The number of tetrazole rings is 1. The fourth-order valence-electron chi connectivity index (χ4n) is 3.13. The van der Waals surface area contributed by atoms with Crippen molar-refractivity contribution < 1.29 is 9.72 Å². The van der Waals surface area contributed by atoms with Crippen LogP contribution < -0.4 is 5.32 Å². The van der Waals surface area contributed by atoms with E-state index >= 15 is 0 Å². The van der Waals surface area contributed by atoms with Crippen LogP contribution in [0.2, 0.25) is 0 Å². The number of allylic oxidation sites excluding steroid dienone is 2. The van der Waals surface area contributed by atoms with E-state index in [0.717, 1.165) is 18.5 Å². The molecule has 0 saturated carbocycles. The van der Waals surface area contributed by atoms with Gasteiger partial charge < -0.3 is 5.32 Å². The van der Waals surface area contributed by atoms with Crippen molar-refractivity contribution >= 4 is 17.4 Å². The summed E-state index contributed by atoms with van der Waals surface area (Å²) in [5.41, 5.74) is 2.00. The number of hydrogen-bond acceptors (Lipinski definition) is 7. The molecule has 23 heavy (non-hydrogen) atoms. The summed E-state index contributed by atoms with van der Waals surface area (Å²) in [5, 5.41) is 25.7. The van der Waals surface area contributed by atoms with Gasteiger partial charge in [-0.3, -0.25) is 14.9 Å². The number of Topliss-reactive ketones (excluding diaryl/α,β-unsaturated/α-hetero) is 1. The lowest BCUT2D eigenvalue weighted by Gasteiger charge is -2.31. The van der Waals surface area contributed by atoms with Crippen molar-refractivity contribution in [3.05, 3.63) is 51.2 Å². The molecule has 2 heterocycles. The SMILES string of the molecule is O=C1CCCC2=C1C(c1cccc([N+](=O)[O-])c1)n1nnnc1N2. The fourth-order valence-corrected chi connectivity index (χ4v) is 3.13. The van der Waals surface area contributed by atoms with Crippen LogP contribution in [0.3, 0.4) is 0 Å². The molecule has 0 amide bonds. The molecule has 1 N–H and O–H groups in total. The number of nitrogens with one attached hydrogen (secondary N) is 1. The molecule has 4 rings (SSSR count). The van der Waals surface area contributed by atoms with E-state index < -0.39 is 11.0 Å². The van der Waals surface area contributed by atoms with Crippen LogP contribution in [0.25, 0.3) is 0 Å². The summed E-state index contributed by atoms with van der Waals surface area (Å²) in [6, 6.07) is 5.70. The van der Waals surface area contributed by atoms with Gasteiger partial charge in [0, 0.05) is 29.8 Å². The molecule has 0 spiro atoms. The smallest absolute Gasteiger partial charge is 0.269 e. The molecule has 1 atom stereocenters. The lowest BCUT2D eigenvalue weighted by Crippen LogP contribution is -2.31. The number of rotatable bonds is 2. The highest BCUT2D eigenvalue weighted by atomic mass is 16.6. The molecule has 9 nitrogen and oxygen atoms in total. The Hall–Kier alpha value is -3.10. The first-order valence-corrected chi connectivity index (χ1v) is 7.20. The zero-order valence-corrected chi connectivity index (χ0v) is 12.0. The van der Waals surface area contributed by atoms with Gasteiger partial charge in [-0.15, -0.1) is 0 Å². The van der Waals surface area contributed by atoms with Gasteiger partial charge in [-0.05, 0) is 28.8 Å². The van der Waals surface area contributed by atoms with E-state index in [2.05, 4.69) is 20.8 Å². The van der Waals surface area contributed by atoms with Crippen molar-refractivity contribution in [3.63, 3.8) is 0 Å². The zero-order chi connectivity index (χ0) is 16.0. The highest BCUT2D eigenvalue weighted by Crippen LogP contribution is 2.39. The molecule has 116 valence electrons. The first kappa shape index (κ1) is 13.6. The van der Waals surface area contributed by atoms with E-state index in [1.165, 1.54) is 16.8 Å². The van der Waals surface area contributed by atoms with E-state index in [1.807, 2.05) is 0 Å². The molecule has 0 fully saturated rings. The van der Waals surface area contributed by atoms with Crippen molar-refractivity contribution in [2.75, 3.05) is 5.32 Å². The maximum absolute atomic E-state index is 12.4. The Kier molecular flexibility index (Phi) is 2.93. The highest BCUT2D eigenvalue weighted by Gasteiger charge is 2.36. The number of anilines is 1. The van der Waals surface area contributed by atoms with Crippen LogP contribution >= 0.6 is 0 Å². The molecule has 1 aliphatic carbocycles. The normalized spacial score (nSPS) is 19.8. The van der Waals surface area contributed by atoms with Gasteiger partial charge in [-0.1, -0.05) is 17.2 Å². The first-order valence-electron chi connectivity index (χ1n) is 7.20. The monoisotopic (exact) mass is 312 g/mol. The molecule has 0 radical (unpaired) electrons. The van der Waals surface area contributed by atoms with Crippen molar-refractivity contribution in [1.29, 1.82) is 0 Å². The number of aromatic nitrogens is 4. The average Bonchev–Trinajstić information content (AvgIpc) is 3.01. The minimum absolute atomic E-state index is 0.0245. The Balaban J connectivity index is 1.91. The van der Waals surface area contributed by atoms with Crippen molar-refractivity contribution in [1.82, 2.24) is 20.2 Å². The van der Waals surface area contributed by atoms with Crippen LogP contribution in [0.5, 0.6) is 0 Å². The second-order valence-electron chi connectivity index (χ2n) is 5.50. The van der Waals surface area contributed by atoms with Crippen LogP contribution in [0.1, 0.15) is 30.9 Å². The fraction of sp³-hybridized carbons (Fsp3) is 0.286. The molecule has 1 aromatic carbocycles. The topological polar surface area (TPSA) is 116 Å². The number of carbonyl (C=O) groups excluding carboxylic acids is 1. The largest absolute Gasteiger partial charge is 0.326 e. The van der Waals surface area contributed by atoms with E-state index in [1.54, 1.807) is 12.1 Å². The number of hydrogen-bond donors (Lipinski definition) is 1. The van der Waals surface area contributed by atoms with Gasteiger partial charge in [-0.25, -0.2) is 0 Å². The minimum atomic E-state index is -0.538. The molecule has 2 aromatic rings. The predicted molar refractivity (Wildman–Crippen MR) is 78.6 cm³/mol. The number of nitro benzene ring substituents is 1. The Bertz CT molecular complexity index is 856. The standard InChI is InChI=1S/C14H12N6O3/c21-11-6-2-5-10-12(11)13(19-14(15-10)16-17-18-19)8-3-1-4-9(7-8)20(22)23/h1,3-4,7,13H,2,5-6H2,(H,15,16,18). The predicted octanol–water partition coefficient (Wildman–Crippen LogP) is 1.60. The molecule has 9 heteroatoms. The van der Waals surface area contributed by atoms with Crippen molar-refractivity contribution in [2.45, 2.75) is 25.3 Å². The van der Waals surface area contributed by atoms with E-state index in [4.69, 9.17) is 0 Å². The number of non-ortho nitro benzene ring substituents is 1. The van der Waals surface area contributed by atoms with Gasteiger partial charge in [0.1, 0.15) is 6.04 Å². The molecule has 0 saturated heterocycles.